The largest absolute Gasteiger partial charge is 0.480 e. The van der Waals surface area contributed by atoms with E-state index in [-0.39, 0.29) is 13.1 Å². The van der Waals surface area contributed by atoms with Crippen LogP contribution in [-0.4, -0.2) is 35.1 Å². The molecule has 1 heterocycles. The Balaban J connectivity index is 2.02. The number of carbonyl (C=O) groups excluding carboxylic acids is 1. The van der Waals surface area contributed by atoms with Crippen LogP contribution in [-0.2, 0) is 9.59 Å². The number of carbonyl (C=O) groups is 2. The Morgan fingerprint density at radius 2 is 1.95 bits per heavy atom. The van der Waals surface area contributed by atoms with Crippen LogP contribution in [0.2, 0.25) is 0 Å². The molecule has 2 rings (SSSR count). The van der Waals surface area contributed by atoms with Crippen molar-refractivity contribution in [3.63, 3.8) is 0 Å². The van der Waals surface area contributed by atoms with Gasteiger partial charge in [0.2, 0.25) is 5.91 Å². The van der Waals surface area contributed by atoms with Crippen LogP contribution < -0.4 is 10.6 Å². The third kappa shape index (κ3) is 3.41. The molecule has 6 nitrogen and oxygen atoms in total. The maximum absolute atomic E-state index is 11.4. The maximum atomic E-state index is 11.4. The lowest BCUT2D eigenvalue weighted by molar-refractivity contribution is -0.137. The molecule has 98 valence electrons. The van der Waals surface area contributed by atoms with Crippen molar-refractivity contribution in [2.45, 2.75) is 0 Å². The van der Waals surface area contributed by atoms with Gasteiger partial charge in [0.15, 0.2) is 0 Å². The molecule has 1 aromatic heterocycles. The Morgan fingerprint density at radius 3 is 2.74 bits per heavy atom. The van der Waals surface area contributed by atoms with Crippen LogP contribution in [0.5, 0.6) is 0 Å². The van der Waals surface area contributed by atoms with E-state index < -0.39 is 11.9 Å². The summed E-state index contributed by atoms with van der Waals surface area (Å²) in [5, 5.41) is 15.5. The minimum Gasteiger partial charge on any atom is -0.480 e. The predicted molar refractivity (Wildman–Crippen MR) is 70.9 cm³/mol. The molecule has 0 spiro atoms. The number of aromatic nitrogens is 1. The van der Waals surface area contributed by atoms with Gasteiger partial charge in [0.1, 0.15) is 12.4 Å². The molecule has 1 amide bonds. The lowest BCUT2D eigenvalue weighted by atomic mass is 10.1. The Hall–Kier alpha value is -2.63. The van der Waals surface area contributed by atoms with Crippen LogP contribution in [0.4, 0.5) is 5.82 Å². The fraction of sp³-hybridized carbons (Fsp3) is 0.154. The number of nitrogens with one attached hydrogen (secondary N) is 2. The van der Waals surface area contributed by atoms with E-state index >= 15 is 0 Å². The topological polar surface area (TPSA) is 91.3 Å². The number of fused-ring (bicyclic) bond motifs is 1. The summed E-state index contributed by atoms with van der Waals surface area (Å²) < 4.78 is 0. The first-order chi connectivity index (χ1) is 9.16. The van der Waals surface area contributed by atoms with Gasteiger partial charge in [-0.15, -0.1) is 0 Å². The molecule has 0 radical (unpaired) electrons. The van der Waals surface area contributed by atoms with Gasteiger partial charge in [-0.3, -0.25) is 9.59 Å². The highest BCUT2D eigenvalue weighted by atomic mass is 16.4. The van der Waals surface area contributed by atoms with Gasteiger partial charge in [0, 0.05) is 11.6 Å². The number of rotatable bonds is 5. The van der Waals surface area contributed by atoms with Crippen molar-refractivity contribution in [2.75, 3.05) is 18.4 Å². The lowest BCUT2D eigenvalue weighted by Crippen LogP contribution is -2.34. The van der Waals surface area contributed by atoms with Crippen LogP contribution in [0, 0.1) is 0 Å². The number of hydrogen-bond acceptors (Lipinski definition) is 4. The van der Waals surface area contributed by atoms with E-state index in [0.29, 0.717) is 5.82 Å². The summed E-state index contributed by atoms with van der Waals surface area (Å²) in [5.41, 5.74) is 0. The van der Waals surface area contributed by atoms with E-state index in [2.05, 4.69) is 15.6 Å². The first-order valence-corrected chi connectivity index (χ1v) is 5.73. The quantitative estimate of drug-likeness (QED) is 0.740. The molecule has 2 aromatic rings. The average Bonchev–Trinajstić information content (AvgIpc) is 2.42. The number of nitrogens with zero attached hydrogens (tertiary/aromatic N) is 1. The zero-order chi connectivity index (χ0) is 13.7. The Labute approximate surface area is 109 Å². The van der Waals surface area contributed by atoms with Gasteiger partial charge in [-0.25, -0.2) is 4.98 Å². The third-order valence-electron chi connectivity index (χ3n) is 2.53. The van der Waals surface area contributed by atoms with Crippen LogP contribution >= 0.6 is 0 Å². The first kappa shape index (κ1) is 12.8. The molecule has 3 N–H and O–H groups in total. The normalized spacial score (nSPS) is 10.1. The molecule has 19 heavy (non-hydrogen) atoms. The standard InChI is InChI=1S/C13H13N3O3/c17-11(15-8-12(18)19)7-16-13-10-4-2-1-3-9(10)5-6-14-13/h1-6H,7-8H2,(H,14,16)(H,15,17)(H,18,19). The number of aliphatic carboxylic acids is 1. The van der Waals surface area contributed by atoms with E-state index in [4.69, 9.17) is 5.11 Å². The van der Waals surface area contributed by atoms with Crippen molar-refractivity contribution >= 4 is 28.5 Å². The van der Waals surface area contributed by atoms with Crippen molar-refractivity contribution in [3.8, 4) is 0 Å². The summed E-state index contributed by atoms with van der Waals surface area (Å²) >= 11 is 0. The van der Waals surface area contributed by atoms with Crippen LogP contribution in [0.25, 0.3) is 10.8 Å². The molecular formula is C13H13N3O3. The summed E-state index contributed by atoms with van der Waals surface area (Å²) in [6, 6.07) is 9.54. The SMILES string of the molecule is O=C(O)CNC(=O)CNc1nccc2ccccc12. The Kier molecular flexibility index (Phi) is 3.92. The van der Waals surface area contributed by atoms with E-state index in [1.165, 1.54) is 0 Å². The van der Waals surface area contributed by atoms with Crippen LogP contribution in [0.3, 0.4) is 0 Å². The highest BCUT2D eigenvalue weighted by Gasteiger charge is 2.06. The van der Waals surface area contributed by atoms with Crippen molar-refractivity contribution in [2.24, 2.45) is 0 Å². The molecule has 0 unspecified atom stereocenters. The lowest BCUT2D eigenvalue weighted by Gasteiger charge is -2.08. The number of amides is 1. The highest BCUT2D eigenvalue weighted by molar-refractivity contribution is 5.93. The van der Waals surface area contributed by atoms with Crippen molar-refractivity contribution in [3.05, 3.63) is 36.5 Å². The number of carboxylic acids is 1. The van der Waals surface area contributed by atoms with Gasteiger partial charge in [0.05, 0.1) is 6.54 Å². The van der Waals surface area contributed by atoms with Crippen LogP contribution in [0.15, 0.2) is 36.5 Å². The van der Waals surface area contributed by atoms with Crippen LogP contribution in [0.1, 0.15) is 0 Å². The Morgan fingerprint density at radius 1 is 1.16 bits per heavy atom. The molecule has 0 saturated heterocycles. The molecule has 0 fully saturated rings. The van der Waals surface area contributed by atoms with Gasteiger partial charge in [-0.05, 0) is 11.5 Å². The van der Waals surface area contributed by atoms with E-state index in [0.717, 1.165) is 10.8 Å². The van der Waals surface area contributed by atoms with E-state index in [1.54, 1.807) is 6.20 Å². The molecule has 0 saturated carbocycles. The molecule has 0 bridgehead atoms. The van der Waals surface area contributed by atoms with Gasteiger partial charge in [-0.2, -0.15) is 0 Å². The zero-order valence-electron chi connectivity index (χ0n) is 10.1. The number of carboxylic acid groups (broad SMARTS) is 1. The smallest absolute Gasteiger partial charge is 0.322 e. The van der Waals surface area contributed by atoms with Gasteiger partial charge < -0.3 is 15.7 Å². The van der Waals surface area contributed by atoms with Crippen molar-refractivity contribution in [1.29, 1.82) is 0 Å². The number of hydrogen-bond donors (Lipinski definition) is 3. The summed E-state index contributed by atoms with van der Waals surface area (Å²) in [5.74, 6) is -0.864. The molecular weight excluding hydrogens is 246 g/mol. The van der Waals surface area contributed by atoms with Crippen molar-refractivity contribution in [1.82, 2.24) is 10.3 Å². The first-order valence-electron chi connectivity index (χ1n) is 5.73. The molecule has 6 heteroatoms. The van der Waals surface area contributed by atoms with Gasteiger partial charge >= 0.3 is 5.97 Å². The van der Waals surface area contributed by atoms with E-state index in [1.807, 2.05) is 30.3 Å². The Bertz CT molecular complexity index is 608. The highest BCUT2D eigenvalue weighted by Crippen LogP contribution is 2.19. The third-order valence-corrected chi connectivity index (χ3v) is 2.53. The molecule has 0 aliphatic rings. The number of benzene rings is 1. The fourth-order valence-corrected chi connectivity index (χ4v) is 1.66. The summed E-state index contributed by atoms with van der Waals surface area (Å²) in [4.78, 5) is 25.9. The van der Waals surface area contributed by atoms with E-state index in [9.17, 15) is 9.59 Å². The molecule has 0 aliphatic heterocycles. The maximum Gasteiger partial charge on any atom is 0.322 e. The van der Waals surface area contributed by atoms with Gasteiger partial charge in [-0.1, -0.05) is 24.3 Å². The zero-order valence-corrected chi connectivity index (χ0v) is 10.1. The summed E-state index contributed by atoms with van der Waals surface area (Å²) in [6.07, 6.45) is 1.65. The fourth-order valence-electron chi connectivity index (χ4n) is 1.66. The molecule has 0 atom stereocenters. The number of pyridine rings is 1. The minimum absolute atomic E-state index is 0.0196. The monoisotopic (exact) mass is 259 g/mol. The average molecular weight is 259 g/mol. The summed E-state index contributed by atoms with van der Waals surface area (Å²) in [6.45, 7) is -0.405. The molecule has 1 aromatic carbocycles. The van der Waals surface area contributed by atoms with Crippen molar-refractivity contribution < 1.29 is 14.7 Å². The van der Waals surface area contributed by atoms with Gasteiger partial charge in [0.25, 0.3) is 0 Å². The second-order valence-corrected chi connectivity index (χ2v) is 3.90. The summed E-state index contributed by atoms with van der Waals surface area (Å²) in [7, 11) is 0. The number of anilines is 1. The molecule has 0 aliphatic carbocycles. The predicted octanol–water partition coefficient (Wildman–Crippen LogP) is 0.847. The second-order valence-electron chi connectivity index (χ2n) is 3.90. The minimum atomic E-state index is -1.07. The second kappa shape index (κ2) is 5.81.